The Morgan fingerprint density at radius 3 is 2.60 bits per heavy atom. The highest BCUT2D eigenvalue weighted by Crippen LogP contribution is 2.22. The third-order valence-corrected chi connectivity index (χ3v) is 3.78. The maximum absolute atomic E-state index is 13.5. The van der Waals surface area contributed by atoms with Crippen molar-refractivity contribution in [3.63, 3.8) is 0 Å². The maximum Gasteiger partial charge on any atom is 0.319 e. The van der Waals surface area contributed by atoms with Crippen molar-refractivity contribution < 1.29 is 9.18 Å². The summed E-state index contributed by atoms with van der Waals surface area (Å²) in [4.78, 5) is 15.3. The van der Waals surface area contributed by atoms with E-state index in [1.165, 1.54) is 6.07 Å². The zero-order chi connectivity index (χ0) is 14.7. The molecular formula is C15H22FN3O. The number of carbonyl (C=O) groups excluding carboxylic acids is 1. The Morgan fingerprint density at radius 2 is 2.00 bits per heavy atom. The molecule has 0 spiro atoms. The highest BCUT2D eigenvalue weighted by molar-refractivity contribution is 5.73. The summed E-state index contributed by atoms with van der Waals surface area (Å²) in [7, 11) is 3.53. The van der Waals surface area contributed by atoms with Gasteiger partial charge in [-0.15, -0.1) is 0 Å². The van der Waals surface area contributed by atoms with E-state index in [1.807, 2.05) is 11.0 Å². The van der Waals surface area contributed by atoms with E-state index in [1.54, 1.807) is 32.0 Å². The Hall–Kier alpha value is -1.78. The van der Waals surface area contributed by atoms with Gasteiger partial charge in [0.2, 0.25) is 0 Å². The Kier molecular flexibility index (Phi) is 4.47. The summed E-state index contributed by atoms with van der Waals surface area (Å²) in [6.07, 6.45) is 1.77. The van der Waals surface area contributed by atoms with Crippen LogP contribution in [0.15, 0.2) is 18.2 Å². The third kappa shape index (κ3) is 3.21. The van der Waals surface area contributed by atoms with E-state index in [9.17, 15) is 9.18 Å². The van der Waals surface area contributed by atoms with Crippen LogP contribution in [0.3, 0.4) is 0 Å². The standard InChI is InChI=1S/C15H22FN3O/c1-11-13(16)5-4-6-14(11)17-12-7-9-19(10-8-12)15(20)18(2)3/h4-6,12,17H,7-10H2,1-3H3. The molecule has 2 amide bonds. The number of hydrogen-bond acceptors (Lipinski definition) is 2. The van der Waals surface area contributed by atoms with Crippen LogP contribution in [0.4, 0.5) is 14.9 Å². The molecule has 1 fully saturated rings. The number of amides is 2. The Labute approximate surface area is 119 Å². The molecule has 0 saturated carbocycles. The van der Waals surface area contributed by atoms with Gasteiger partial charge in [-0.1, -0.05) is 6.07 Å². The molecule has 1 N–H and O–H groups in total. The second-order valence-electron chi connectivity index (χ2n) is 5.50. The van der Waals surface area contributed by atoms with Crippen LogP contribution in [0.1, 0.15) is 18.4 Å². The molecule has 110 valence electrons. The summed E-state index contributed by atoms with van der Waals surface area (Å²) in [6.45, 7) is 3.26. The fourth-order valence-corrected chi connectivity index (χ4v) is 2.48. The molecule has 1 heterocycles. The topological polar surface area (TPSA) is 35.6 Å². The summed E-state index contributed by atoms with van der Waals surface area (Å²) >= 11 is 0. The molecule has 2 rings (SSSR count). The average molecular weight is 279 g/mol. The lowest BCUT2D eigenvalue weighted by molar-refractivity contribution is 0.158. The van der Waals surface area contributed by atoms with Gasteiger partial charge in [0.05, 0.1) is 0 Å². The SMILES string of the molecule is Cc1c(F)cccc1NC1CCN(C(=O)N(C)C)CC1. The van der Waals surface area contributed by atoms with Gasteiger partial charge in [-0.3, -0.25) is 0 Å². The normalized spacial score (nSPS) is 16.1. The summed E-state index contributed by atoms with van der Waals surface area (Å²) in [5, 5.41) is 3.39. The van der Waals surface area contributed by atoms with Crippen LogP contribution < -0.4 is 5.32 Å². The summed E-state index contributed by atoms with van der Waals surface area (Å²) in [5.74, 6) is -0.185. The molecule has 1 aromatic carbocycles. The molecular weight excluding hydrogens is 257 g/mol. The highest BCUT2D eigenvalue weighted by Gasteiger charge is 2.23. The van der Waals surface area contributed by atoms with E-state index in [0.29, 0.717) is 11.6 Å². The molecule has 0 radical (unpaired) electrons. The van der Waals surface area contributed by atoms with Crippen molar-refractivity contribution >= 4 is 11.7 Å². The highest BCUT2D eigenvalue weighted by atomic mass is 19.1. The first-order valence-electron chi connectivity index (χ1n) is 6.97. The molecule has 5 heteroatoms. The molecule has 0 bridgehead atoms. The molecule has 0 aliphatic carbocycles. The minimum atomic E-state index is -0.185. The fourth-order valence-electron chi connectivity index (χ4n) is 2.48. The van der Waals surface area contributed by atoms with Crippen molar-refractivity contribution in [3.05, 3.63) is 29.6 Å². The van der Waals surface area contributed by atoms with E-state index in [4.69, 9.17) is 0 Å². The van der Waals surface area contributed by atoms with Crippen LogP contribution in [-0.4, -0.2) is 49.1 Å². The van der Waals surface area contributed by atoms with Gasteiger partial charge in [0.25, 0.3) is 0 Å². The Balaban J connectivity index is 1.92. The van der Waals surface area contributed by atoms with Crippen molar-refractivity contribution in [1.29, 1.82) is 0 Å². The van der Waals surface area contributed by atoms with Crippen LogP contribution in [0.5, 0.6) is 0 Å². The van der Waals surface area contributed by atoms with Gasteiger partial charge < -0.3 is 15.1 Å². The van der Waals surface area contributed by atoms with Gasteiger partial charge in [-0.05, 0) is 31.9 Å². The molecule has 1 saturated heterocycles. The van der Waals surface area contributed by atoms with Gasteiger partial charge in [-0.2, -0.15) is 0 Å². The van der Waals surface area contributed by atoms with Crippen molar-refractivity contribution in [2.75, 3.05) is 32.5 Å². The molecule has 20 heavy (non-hydrogen) atoms. The lowest BCUT2D eigenvalue weighted by atomic mass is 10.0. The van der Waals surface area contributed by atoms with Crippen LogP contribution >= 0.6 is 0 Å². The summed E-state index contributed by atoms with van der Waals surface area (Å²) in [5.41, 5.74) is 1.50. The molecule has 4 nitrogen and oxygen atoms in total. The zero-order valence-corrected chi connectivity index (χ0v) is 12.3. The number of halogens is 1. The summed E-state index contributed by atoms with van der Waals surface area (Å²) < 4.78 is 13.5. The van der Waals surface area contributed by atoms with Gasteiger partial charge in [-0.25, -0.2) is 9.18 Å². The molecule has 0 unspecified atom stereocenters. The van der Waals surface area contributed by atoms with Crippen molar-refractivity contribution in [2.24, 2.45) is 0 Å². The van der Waals surface area contributed by atoms with E-state index in [2.05, 4.69) is 5.32 Å². The maximum atomic E-state index is 13.5. The number of carbonyl (C=O) groups is 1. The monoisotopic (exact) mass is 279 g/mol. The van der Waals surface area contributed by atoms with Gasteiger partial charge in [0.1, 0.15) is 5.82 Å². The van der Waals surface area contributed by atoms with E-state index in [0.717, 1.165) is 31.6 Å². The van der Waals surface area contributed by atoms with E-state index < -0.39 is 0 Å². The smallest absolute Gasteiger partial charge is 0.319 e. The lowest BCUT2D eigenvalue weighted by Gasteiger charge is -2.34. The number of nitrogens with zero attached hydrogens (tertiary/aromatic N) is 2. The van der Waals surface area contributed by atoms with E-state index >= 15 is 0 Å². The number of anilines is 1. The molecule has 0 aromatic heterocycles. The molecule has 1 aliphatic rings. The Bertz CT molecular complexity index is 482. The predicted molar refractivity (Wildman–Crippen MR) is 78.4 cm³/mol. The quantitative estimate of drug-likeness (QED) is 0.903. The summed E-state index contributed by atoms with van der Waals surface area (Å²) in [6, 6.07) is 5.44. The molecule has 0 atom stereocenters. The lowest BCUT2D eigenvalue weighted by Crippen LogP contribution is -2.46. The second-order valence-corrected chi connectivity index (χ2v) is 5.50. The van der Waals surface area contributed by atoms with Crippen molar-refractivity contribution in [2.45, 2.75) is 25.8 Å². The molecule has 1 aliphatic heterocycles. The van der Waals surface area contributed by atoms with Gasteiger partial charge in [0.15, 0.2) is 0 Å². The minimum Gasteiger partial charge on any atom is -0.382 e. The van der Waals surface area contributed by atoms with Crippen molar-refractivity contribution in [1.82, 2.24) is 9.80 Å². The number of likely N-dealkylation sites (tertiary alicyclic amines) is 1. The van der Waals surface area contributed by atoms with Crippen LogP contribution in [0.2, 0.25) is 0 Å². The average Bonchev–Trinajstić information content (AvgIpc) is 2.44. The number of nitrogens with one attached hydrogen (secondary N) is 1. The largest absolute Gasteiger partial charge is 0.382 e. The Morgan fingerprint density at radius 1 is 1.35 bits per heavy atom. The number of rotatable bonds is 2. The number of hydrogen-bond donors (Lipinski definition) is 1. The van der Waals surface area contributed by atoms with Crippen LogP contribution in [0, 0.1) is 12.7 Å². The third-order valence-electron chi connectivity index (χ3n) is 3.78. The van der Waals surface area contributed by atoms with E-state index in [-0.39, 0.29) is 11.8 Å². The number of benzene rings is 1. The van der Waals surface area contributed by atoms with Crippen molar-refractivity contribution in [3.8, 4) is 0 Å². The van der Waals surface area contributed by atoms with Crippen LogP contribution in [-0.2, 0) is 0 Å². The van der Waals surface area contributed by atoms with Gasteiger partial charge >= 0.3 is 6.03 Å². The first-order chi connectivity index (χ1) is 9.49. The predicted octanol–water partition coefficient (Wildman–Crippen LogP) is 2.69. The minimum absolute atomic E-state index is 0.0605. The molecule has 1 aromatic rings. The fraction of sp³-hybridized carbons (Fsp3) is 0.533. The van der Waals surface area contributed by atoms with Crippen LogP contribution in [0.25, 0.3) is 0 Å². The zero-order valence-electron chi connectivity index (χ0n) is 12.3. The first-order valence-corrected chi connectivity index (χ1v) is 6.97. The second kappa shape index (κ2) is 6.11. The van der Waals surface area contributed by atoms with Gasteiger partial charge in [0, 0.05) is 44.5 Å². The number of urea groups is 1. The first kappa shape index (κ1) is 14.6. The number of piperidine rings is 1.